The van der Waals surface area contributed by atoms with Crippen molar-refractivity contribution in [2.45, 2.75) is 32.9 Å². The summed E-state index contributed by atoms with van der Waals surface area (Å²) in [7, 11) is 0. The fourth-order valence-electron chi connectivity index (χ4n) is 2.23. The van der Waals surface area contributed by atoms with Crippen LogP contribution in [0.1, 0.15) is 31.9 Å². The third-order valence-electron chi connectivity index (χ3n) is 3.36. The summed E-state index contributed by atoms with van der Waals surface area (Å²) >= 11 is 1.99. The molecule has 108 valence electrons. The van der Waals surface area contributed by atoms with E-state index in [2.05, 4.69) is 49.2 Å². The Bertz CT molecular complexity index is 493. The van der Waals surface area contributed by atoms with Crippen LogP contribution in [0.15, 0.2) is 18.2 Å². The maximum atomic E-state index is 9.40. The topological polar surface area (TPSA) is 39.1 Å². The van der Waals surface area contributed by atoms with Gasteiger partial charge >= 0.3 is 0 Å². The van der Waals surface area contributed by atoms with Gasteiger partial charge in [0.15, 0.2) is 0 Å². The van der Waals surface area contributed by atoms with Crippen molar-refractivity contribution in [3.05, 3.63) is 29.3 Å². The summed E-state index contributed by atoms with van der Waals surface area (Å²) in [5.74, 6) is 2.30. The van der Waals surface area contributed by atoms with Crippen LogP contribution < -0.4 is 10.2 Å². The SMILES string of the molecule is CC(C)(C)NCc1ccc(N2CCSCC2)c(C#N)c1. The molecule has 4 heteroatoms. The zero-order valence-corrected chi connectivity index (χ0v) is 13.4. The maximum Gasteiger partial charge on any atom is 0.101 e. The molecule has 20 heavy (non-hydrogen) atoms. The van der Waals surface area contributed by atoms with Gasteiger partial charge in [0, 0.05) is 36.7 Å². The number of nitrogens with zero attached hydrogens (tertiary/aromatic N) is 2. The second-order valence-electron chi connectivity index (χ2n) is 6.17. The quantitative estimate of drug-likeness (QED) is 0.928. The molecule has 0 atom stereocenters. The zero-order valence-electron chi connectivity index (χ0n) is 12.6. The lowest BCUT2D eigenvalue weighted by Crippen LogP contribution is -2.35. The Morgan fingerprint density at radius 1 is 1.30 bits per heavy atom. The molecule has 1 saturated heterocycles. The zero-order chi connectivity index (χ0) is 14.6. The molecule has 0 spiro atoms. The Kier molecular flexibility index (Phi) is 4.95. The Morgan fingerprint density at radius 2 is 2.00 bits per heavy atom. The summed E-state index contributed by atoms with van der Waals surface area (Å²) in [5, 5.41) is 12.9. The highest BCUT2D eigenvalue weighted by atomic mass is 32.2. The summed E-state index contributed by atoms with van der Waals surface area (Å²) in [6, 6.07) is 8.62. The molecule has 1 aromatic carbocycles. The molecule has 1 aliphatic heterocycles. The molecule has 1 aliphatic rings. The van der Waals surface area contributed by atoms with E-state index in [9.17, 15) is 5.26 Å². The van der Waals surface area contributed by atoms with Crippen LogP contribution in [-0.4, -0.2) is 30.1 Å². The monoisotopic (exact) mass is 289 g/mol. The van der Waals surface area contributed by atoms with E-state index in [1.807, 2.05) is 17.8 Å². The Labute approximate surface area is 126 Å². The molecule has 0 aromatic heterocycles. The molecule has 1 N–H and O–H groups in total. The van der Waals surface area contributed by atoms with E-state index in [0.29, 0.717) is 0 Å². The van der Waals surface area contributed by atoms with Gasteiger partial charge in [-0.25, -0.2) is 0 Å². The minimum absolute atomic E-state index is 0.0928. The van der Waals surface area contributed by atoms with Crippen LogP contribution in [-0.2, 0) is 6.54 Å². The van der Waals surface area contributed by atoms with Crippen molar-refractivity contribution < 1.29 is 0 Å². The number of nitriles is 1. The third-order valence-corrected chi connectivity index (χ3v) is 4.30. The molecule has 0 radical (unpaired) electrons. The molecule has 1 fully saturated rings. The van der Waals surface area contributed by atoms with Gasteiger partial charge in [-0.15, -0.1) is 0 Å². The first-order valence-corrected chi connectivity index (χ1v) is 8.26. The van der Waals surface area contributed by atoms with Gasteiger partial charge in [0.1, 0.15) is 6.07 Å². The Balaban J connectivity index is 2.13. The highest BCUT2D eigenvalue weighted by Gasteiger charge is 2.15. The molecule has 0 saturated carbocycles. The molecule has 0 amide bonds. The molecular weight excluding hydrogens is 266 g/mol. The van der Waals surface area contributed by atoms with Crippen LogP contribution in [0, 0.1) is 11.3 Å². The maximum absolute atomic E-state index is 9.40. The van der Waals surface area contributed by atoms with Gasteiger partial charge in [0.2, 0.25) is 0 Å². The van der Waals surface area contributed by atoms with Crippen LogP contribution >= 0.6 is 11.8 Å². The van der Waals surface area contributed by atoms with Crippen LogP contribution in [0.4, 0.5) is 5.69 Å². The molecule has 3 nitrogen and oxygen atoms in total. The highest BCUT2D eigenvalue weighted by molar-refractivity contribution is 7.99. The van der Waals surface area contributed by atoms with E-state index >= 15 is 0 Å². The summed E-state index contributed by atoms with van der Waals surface area (Å²) in [6.07, 6.45) is 0. The van der Waals surface area contributed by atoms with E-state index < -0.39 is 0 Å². The first-order chi connectivity index (χ1) is 9.49. The molecule has 1 heterocycles. The molecule has 0 aliphatic carbocycles. The number of anilines is 1. The lowest BCUT2D eigenvalue weighted by Gasteiger charge is -2.29. The summed E-state index contributed by atoms with van der Waals surface area (Å²) in [6.45, 7) is 9.33. The van der Waals surface area contributed by atoms with Crippen molar-refractivity contribution in [2.75, 3.05) is 29.5 Å². The summed E-state index contributed by atoms with van der Waals surface area (Å²) in [4.78, 5) is 2.33. The number of hydrogen-bond donors (Lipinski definition) is 1. The number of hydrogen-bond acceptors (Lipinski definition) is 4. The summed E-state index contributed by atoms with van der Waals surface area (Å²) in [5.41, 5.74) is 3.15. The first-order valence-electron chi connectivity index (χ1n) is 7.10. The van der Waals surface area contributed by atoms with Crippen LogP contribution in [0.3, 0.4) is 0 Å². The minimum atomic E-state index is 0.0928. The van der Waals surface area contributed by atoms with Crippen molar-refractivity contribution in [3.8, 4) is 6.07 Å². The van der Waals surface area contributed by atoms with Gasteiger partial charge in [-0.2, -0.15) is 17.0 Å². The normalized spacial score (nSPS) is 16.0. The fourth-order valence-corrected chi connectivity index (χ4v) is 3.13. The molecular formula is C16H23N3S. The van der Waals surface area contributed by atoms with Gasteiger partial charge in [0.25, 0.3) is 0 Å². The Morgan fingerprint density at radius 3 is 2.60 bits per heavy atom. The lowest BCUT2D eigenvalue weighted by atomic mass is 10.1. The number of thioether (sulfide) groups is 1. The van der Waals surface area contributed by atoms with Crippen LogP contribution in [0.25, 0.3) is 0 Å². The van der Waals surface area contributed by atoms with Crippen molar-refractivity contribution >= 4 is 17.4 Å². The van der Waals surface area contributed by atoms with E-state index in [0.717, 1.165) is 42.4 Å². The second kappa shape index (κ2) is 6.51. The van der Waals surface area contributed by atoms with Crippen molar-refractivity contribution in [2.24, 2.45) is 0 Å². The largest absolute Gasteiger partial charge is 0.369 e. The van der Waals surface area contributed by atoms with E-state index in [4.69, 9.17) is 0 Å². The summed E-state index contributed by atoms with van der Waals surface area (Å²) < 4.78 is 0. The highest BCUT2D eigenvalue weighted by Crippen LogP contribution is 2.24. The van der Waals surface area contributed by atoms with Gasteiger partial charge in [-0.05, 0) is 38.5 Å². The third kappa shape index (κ3) is 4.16. The number of nitrogens with one attached hydrogen (secondary N) is 1. The molecule has 1 aromatic rings. The predicted molar refractivity (Wildman–Crippen MR) is 87.3 cm³/mol. The van der Waals surface area contributed by atoms with E-state index in [1.165, 1.54) is 5.56 Å². The van der Waals surface area contributed by atoms with E-state index in [-0.39, 0.29) is 5.54 Å². The predicted octanol–water partition coefficient (Wildman–Crippen LogP) is 3.00. The number of rotatable bonds is 3. The van der Waals surface area contributed by atoms with Gasteiger partial charge in [0.05, 0.1) is 11.3 Å². The minimum Gasteiger partial charge on any atom is -0.369 e. The smallest absolute Gasteiger partial charge is 0.101 e. The van der Waals surface area contributed by atoms with Crippen LogP contribution in [0.2, 0.25) is 0 Å². The van der Waals surface area contributed by atoms with Crippen LogP contribution in [0.5, 0.6) is 0 Å². The number of benzene rings is 1. The average Bonchev–Trinajstić information content (AvgIpc) is 2.45. The van der Waals surface area contributed by atoms with Crippen molar-refractivity contribution in [3.63, 3.8) is 0 Å². The van der Waals surface area contributed by atoms with Gasteiger partial charge < -0.3 is 10.2 Å². The standard InChI is InChI=1S/C16H23N3S/c1-16(2,3)18-12-13-4-5-15(14(10-13)11-17)19-6-8-20-9-7-19/h4-5,10,18H,6-9,12H2,1-3H3. The average molecular weight is 289 g/mol. The van der Waals surface area contributed by atoms with E-state index in [1.54, 1.807) is 0 Å². The molecule has 0 unspecified atom stereocenters. The van der Waals surface area contributed by atoms with Crippen molar-refractivity contribution in [1.29, 1.82) is 5.26 Å². The molecule has 2 rings (SSSR count). The fraction of sp³-hybridized carbons (Fsp3) is 0.562. The van der Waals surface area contributed by atoms with Gasteiger partial charge in [-0.1, -0.05) is 6.07 Å². The first kappa shape index (κ1) is 15.2. The lowest BCUT2D eigenvalue weighted by molar-refractivity contribution is 0.424. The second-order valence-corrected chi connectivity index (χ2v) is 7.39. The Hall–Kier alpha value is -1.18. The van der Waals surface area contributed by atoms with Gasteiger partial charge in [-0.3, -0.25) is 0 Å². The molecule has 0 bridgehead atoms. The van der Waals surface area contributed by atoms with Crippen molar-refractivity contribution in [1.82, 2.24) is 5.32 Å².